The zero-order valence-electron chi connectivity index (χ0n) is 12.0. The standard InChI is InChI=1S/C15H21N5/c1-3-14(16)7-13-9-18-15(19-10-13)20(2)11-12-5-4-6-17-8-12/h4-6,8-10,14H,3,7,11,16H2,1-2H3. The number of rotatable bonds is 6. The summed E-state index contributed by atoms with van der Waals surface area (Å²) in [6, 6.07) is 4.15. The first-order valence-electron chi connectivity index (χ1n) is 6.85. The minimum atomic E-state index is 0.178. The lowest BCUT2D eigenvalue weighted by Crippen LogP contribution is -2.22. The number of anilines is 1. The van der Waals surface area contributed by atoms with Crippen LogP contribution in [0.3, 0.4) is 0 Å². The van der Waals surface area contributed by atoms with E-state index in [1.807, 2.05) is 42.7 Å². The van der Waals surface area contributed by atoms with Gasteiger partial charge in [-0.05, 0) is 30.0 Å². The molecule has 1 unspecified atom stereocenters. The molecule has 5 nitrogen and oxygen atoms in total. The highest BCUT2D eigenvalue weighted by Crippen LogP contribution is 2.10. The number of hydrogen-bond donors (Lipinski definition) is 1. The van der Waals surface area contributed by atoms with Crippen molar-refractivity contribution in [1.82, 2.24) is 15.0 Å². The highest BCUT2D eigenvalue weighted by atomic mass is 15.2. The average Bonchev–Trinajstić information content (AvgIpc) is 2.49. The normalized spacial score (nSPS) is 12.2. The van der Waals surface area contributed by atoms with E-state index >= 15 is 0 Å². The number of nitrogens with two attached hydrogens (primary N) is 1. The van der Waals surface area contributed by atoms with Gasteiger partial charge in [0.15, 0.2) is 0 Å². The average molecular weight is 271 g/mol. The van der Waals surface area contributed by atoms with E-state index in [4.69, 9.17) is 5.73 Å². The van der Waals surface area contributed by atoms with Crippen molar-refractivity contribution in [2.75, 3.05) is 11.9 Å². The molecule has 0 aliphatic heterocycles. The zero-order valence-corrected chi connectivity index (χ0v) is 12.0. The monoisotopic (exact) mass is 271 g/mol. The molecule has 0 aliphatic carbocycles. The largest absolute Gasteiger partial charge is 0.340 e. The topological polar surface area (TPSA) is 67.9 Å². The molecule has 0 amide bonds. The lowest BCUT2D eigenvalue weighted by Gasteiger charge is -2.17. The minimum absolute atomic E-state index is 0.178. The van der Waals surface area contributed by atoms with Gasteiger partial charge >= 0.3 is 0 Å². The van der Waals surface area contributed by atoms with Gasteiger partial charge in [-0.1, -0.05) is 13.0 Å². The fourth-order valence-corrected chi connectivity index (χ4v) is 1.93. The first-order valence-corrected chi connectivity index (χ1v) is 6.85. The molecule has 20 heavy (non-hydrogen) atoms. The summed E-state index contributed by atoms with van der Waals surface area (Å²) in [7, 11) is 1.97. The van der Waals surface area contributed by atoms with Crippen molar-refractivity contribution in [3.8, 4) is 0 Å². The maximum absolute atomic E-state index is 5.93. The molecule has 0 aliphatic rings. The van der Waals surface area contributed by atoms with Crippen molar-refractivity contribution in [2.24, 2.45) is 5.73 Å². The first-order chi connectivity index (χ1) is 9.69. The Hall–Kier alpha value is -2.01. The molecule has 0 saturated carbocycles. The van der Waals surface area contributed by atoms with Gasteiger partial charge in [-0.2, -0.15) is 0 Å². The SMILES string of the molecule is CCC(N)Cc1cnc(N(C)Cc2cccnc2)nc1. The number of nitrogens with zero attached hydrogens (tertiary/aromatic N) is 4. The summed E-state index contributed by atoms with van der Waals surface area (Å²) in [5.41, 5.74) is 8.15. The van der Waals surface area contributed by atoms with Crippen LogP contribution in [-0.4, -0.2) is 28.0 Å². The Morgan fingerprint density at radius 3 is 2.55 bits per heavy atom. The van der Waals surface area contributed by atoms with E-state index in [0.29, 0.717) is 5.95 Å². The summed E-state index contributed by atoms with van der Waals surface area (Å²) < 4.78 is 0. The molecule has 0 spiro atoms. The molecule has 2 rings (SSSR count). The smallest absolute Gasteiger partial charge is 0.225 e. The fourth-order valence-electron chi connectivity index (χ4n) is 1.93. The second kappa shape index (κ2) is 6.96. The lowest BCUT2D eigenvalue weighted by molar-refractivity contribution is 0.643. The van der Waals surface area contributed by atoms with E-state index in [9.17, 15) is 0 Å². The summed E-state index contributed by atoms with van der Waals surface area (Å²) in [5.74, 6) is 0.711. The van der Waals surface area contributed by atoms with Crippen LogP contribution >= 0.6 is 0 Å². The molecule has 0 radical (unpaired) electrons. The van der Waals surface area contributed by atoms with Gasteiger partial charge in [-0.15, -0.1) is 0 Å². The van der Waals surface area contributed by atoms with Crippen LogP contribution in [0.4, 0.5) is 5.95 Å². The summed E-state index contributed by atoms with van der Waals surface area (Å²) in [4.78, 5) is 14.9. The van der Waals surface area contributed by atoms with Crippen LogP contribution in [0.1, 0.15) is 24.5 Å². The Balaban J connectivity index is 1.98. The fraction of sp³-hybridized carbons (Fsp3) is 0.400. The van der Waals surface area contributed by atoms with Gasteiger partial charge in [-0.25, -0.2) is 9.97 Å². The van der Waals surface area contributed by atoms with Crippen molar-refractivity contribution in [2.45, 2.75) is 32.4 Å². The van der Waals surface area contributed by atoms with Gasteiger partial charge in [0.1, 0.15) is 0 Å². The summed E-state index contributed by atoms with van der Waals surface area (Å²) in [6.07, 6.45) is 9.12. The van der Waals surface area contributed by atoms with E-state index in [1.54, 1.807) is 6.20 Å². The molecule has 0 bridgehead atoms. The Morgan fingerprint density at radius 1 is 1.20 bits per heavy atom. The predicted octanol–water partition coefficient (Wildman–Crippen LogP) is 1.79. The minimum Gasteiger partial charge on any atom is -0.340 e. The third kappa shape index (κ3) is 3.99. The molecule has 2 aromatic heterocycles. The van der Waals surface area contributed by atoms with Crippen molar-refractivity contribution in [3.05, 3.63) is 48.0 Å². The maximum atomic E-state index is 5.93. The second-order valence-electron chi connectivity index (χ2n) is 4.98. The molecule has 0 aromatic carbocycles. The number of hydrogen-bond acceptors (Lipinski definition) is 5. The predicted molar refractivity (Wildman–Crippen MR) is 80.3 cm³/mol. The third-order valence-corrected chi connectivity index (χ3v) is 3.20. The van der Waals surface area contributed by atoms with Gasteiger partial charge < -0.3 is 10.6 Å². The van der Waals surface area contributed by atoms with Crippen LogP contribution in [0.2, 0.25) is 0 Å². The van der Waals surface area contributed by atoms with Gasteiger partial charge in [0.05, 0.1) is 0 Å². The highest BCUT2D eigenvalue weighted by Gasteiger charge is 2.07. The first kappa shape index (κ1) is 14.4. The third-order valence-electron chi connectivity index (χ3n) is 3.20. The zero-order chi connectivity index (χ0) is 14.4. The van der Waals surface area contributed by atoms with Crippen LogP contribution in [0.5, 0.6) is 0 Å². The molecule has 0 saturated heterocycles. The van der Waals surface area contributed by atoms with Gasteiger partial charge in [0, 0.05) is 44.4 Å². The van der Waals surface area contributed by atoms with Crippen LogP contribution in [0.25, 0.3) is 0 Å². The Bertz CT molecular complexity index is 512. The van der Waals surface area contributed by atoms with Crippen LogP contribution < -0.4 is 10.6 Å². The van der Waals surface area contributed by atoms with Gasteiger partial charge in [0.2, 0.25) is 5.95 Å². The Morgan fingerprint density at radius 2 is 1.95 bits per heavy atom. The molecule has 106 valence electrons. The van der Waals surface area contributed by atoms with Crippen molar-refractivity contribution < 1.29 is 0 Å². The summed E-state index contributed by atoms with van der Waals surface area (Å²) >= 11 is 0. The van der Waals surface area contributed by atoms with E-state index in [-0.39, 0.29) is 6.04 Å². The van der Waals surface area contributed by atoms with E-state index in [2.05, 4.69) is 21.9 Å². The van der Waals surface area contributed by atoms with E-state index in [1.165, 1.54) is 0 Å². The quantitative estimate of drug-likeness (QED) is 0.867. The molecular formula is C15H21N5. The van der Waals surface area contributed by atoms with E-state index in [0.717, 1.165) is 30.5 Å². The molecule has 5 heteroatoms. The molecule has 2 N–H and O–H groups in total. The van der Waals surface area contributed by atoms with Crippen LogP contribution in [-0.2, 0) is 13.0 Å². The van der Waals surface area contributed by atoms with Gasteiger partial charge in [0.25, 0.3) is 0 Å². The molecule has 0 fully saturated rings. The maximum Gasteiger partial charge on any atom is 0.225 e. The summed E-state index contributed by atoms with van der Waals surface area (Å²) in [5, 5.41) is 0. The van der Waals surface area contributed by atoms with E-state index < -0.39 is 0 Å². The molecule has 2 heterocycles. The molecular weight excluding hydrogens is 250 g/mol. The van der Waals surface area contributed by atoms with Crippen LogP contribution in [0, 0.1) is 0 Å². The highest BCUT2D eigenvalue weighted by molar-refractivity contribution is 5.30. The second-order valence-corrected chi connectivity index (χ2v) is 4.98. The molecule has 1 atom stereocenters. The number of pyridine rings is 1. The van der Waals surface area contributed by atoms with Crippen molar-refractivity contribution in [3.63, 3.8) is 0 Å². The Labute approximate surface area is 119 Å². The lowest BCUT2D eigenvalue weighted by atomic mass is 10.1. The van der Waals surface area contributed by atoms with Crippen LogP contribution in [0.15, 0.2) is 36.9 Å². The number of aromatic nitrogens is 3. The summed E-state index contributed by atoms with van der Waals surface area (Å²) in [6.45, 7) is 2.82. The van der Waals surface area contributed by atoms with Crippen molar-refractivity contribution >= 4 is 5.95 Å². The molecule has 2 aromatic rings. The van der Waals surface area contributed by atoms with Gasteiger partial charge in [-0.3, -0.25) is 4.98 Å². The Kier molecular flexibility index (Phi) is 5.01. The van der Waals surface area contributed by atoms with Crippen molar-refractivity contribution in [1.29, 1.82) is 0 Å².